The van der Waals surface area contributed by atoms with Crippen LogP contribution in [0.2, 0.25) is 0 Å². The SMILES string of the molecule is C=C(COCOCCCCCCCCCCCC)C(=O)OCCCCCCCCCCCC. The molecule has 4 heteroatoms. The minimum absolute atomic E-state index is 0.175. The highest BCUT2D eigenvalue weighted by molar-refractivity contribution is 5.87. The first-order valence-corrected chi connectivity index (χ1v) is 14.2. The molecule has 0 N–H and O–H groups in total. The maximum absolute atomic E-state index is 11.9. The molecule has 0 bridgehead atoms. The van der Waals surface area contributed by atoms with Crippen LogP contribution in [-0.4, -0.2) is 32.6 Å². The van der Waals surface area contributed by atoms with Crippen molar-refractivity contribution in [1.82, 2.24) is 0 Å². The highest BCUT2D eigenvalue weighted by Gasteiger charge is 2.08. The topological polar surface area (TPSA) is 44.8 Å². The molecule has 0 aromatic carbocycles. The lowest BCUT2D eigenvalue weighted by atomic mass is 10.1. The molecule has 0 atom stereocenters. The van der Waals surface area contributed by atoms with Crippen molar-refractivity contribution in [2.45, 2.75) is 142 Å². The molecule has 0 radical (unpaired) electrons. The average Bonchev–Trinajstić information content (AvgIpc) is 2.82. The van der Waals surface area contributed by atoms with Gasteiger partial charge in [-0.15, -0.1) is 0 Å². The molecule has 0 aliphatic rings. The van der Waals surface area contributed by atoms with Crippen LogP contribution in [0.15, 0.2) is 12.2 Å². The third-order valence-electron chi connectivity index (χ3n) is 6.10. The Labute approximate surface area is 206 Å². The van der Waals surface area contributed by atoms with Crippen LogP contribution in [0.5, 0.6) is 0 Å². The number of carbonyl (C=O) groups is 1. The van der Waals surface area contributed by atoms with E-state index in [2.05, 4.69) is 20.4 Å². The largest absolute Gasteiger partial charge is 0.462 e. The predicted octanol–water partition coefficient (Wildman–Crippen LogP) is 8.92. The molecule has 0 aromatic heterocycles. The van der Waals surface area contributed by atoms with Crippen LogP contribution in [0.25, 0.3) is 0 Å². The van der Waals surface area contributed by atoms with Gasteiger partial charge < -0.3 is 14.2 Å². The maximum atomic E-state index is 11.9. The van der Waals surface area contributed by atoms with Crippen LogP contribution in [0.4, 0.5) is 0 Å². The fraction of sp³-hybridized carbons (Fsp3) is 0.897. The summed E-state index contributed by atoms with van der Waals surface area (Å²) in [5.74, 6) is -0.347. The van der Waals surface area contributed by atoms with Gasteiger partial charge in [-0.05, 0) is 12.8 Å². The zero-order chi connectivity index (χ0) is 24.2. The maximum Gasteiger partial charge on any atom is 0.335 e. The fourth-order valence-electron chi connectivity index (χ4n) is 3.89. The minimum Gasteiger partial charge on any atom is -0.462 e. The summed E-state index contributed by atoms with van der Waals surface area (Å²) in [7, 11) is 0. The molecule has 0 unspecified atom stereocenters. The summed E-state index contributed by atoms with van der Waals surface area (Å²) in [6.45, 7) is 9.86. The van der Waals surface area contributed by atoms with Gasteiger partial charge in [0.2, 0.25) is 0 Å². The number of rotatable bonds is 27. The molecule has 0 spiro atoms. The molecule has 196 valence electrons. The molecule has 0 aliphatic carbocycles. The first-order valence-electron chi connectivity index (χ1n) is 14.2. The van der Waals surface area contributed by atoms with Gasteiger partial charge in [-0.25, -0.2) is 4.79 Å². The first kappa shape index (κ1) is 32.1. The van der Waals surface area contributed by atoms with Crippen LogP contribution < -0.4 is 0 Å². The number of ether oxygens (including phenoxy) is 3. The van der Waals surface area contributed by atoms with E-state index in [0.717, 1.165) is 19.3 Å². The first-order chi connectivity index (χ1) is 16.2. The van der Waals surface area contributed by atoms with Crippen molar-refractivity contribution in [3.63, 3.8) is 0 Å². The van der Waals surface area contributed by atoms with Crippen molar-refractivity contribution in [1.29, 1.82) is 0 Å². The van der Waals surface area contributed by atoms with E-state index >= 15 is 0 Å². The Bertz CT molecular complexity index is 422. The van der Waals surface area contributed by atoms with Crippen molar-refractivity contribution >= 4 is 5.97 Å². The Balaban J connectivity index is 3.29. The Kier molecular flexibility index (Phi) is 26.7. The van der Waals surface area contributed by atoms with E-state index in [1.54, 1.807) is 0 Å². The summed E-state index contributed by atoms with van der Waals surface area (Å²) in [5.41, 5.74) is 0.365. The molecule has 0 saturated carbocycles. The molecule has 0 rings (SSSR count). The minimum atomic E-state index is -0.347. The molecule has 0 fully saturated rings. The van der Waals surface area contributed by atoms with Gasteiger partial charge in [-0.3, -0.25) is 0 Å². The van der Waals surface area contributed by atoms with E-state index < -0.39 is 0 Å². The summed E-state index contributed by atoms with van der Waals surface area (Å²) in [6, 6.07) is 0. The lowest BCUT2D eigenvalue weighted by molar-refractivity contribution is -0.140. The quantitative estimate of drug-likeness (QED) is 0.0522. The van der Waals surface area contributed by atoms with Crippen molar-refractivity contribution in [2.75, 3.05) is 26.6 Å². The number of carbonyl (C=O) groups excluding carboxylic acids is 1. The van der Waals surface area contributed by atoms with Crippen LogP contribution in [0.1, 0.15) is 142 Å². The molecule has 4 nitrogen and oxygen atoms in total. The summed E-state index contributed by atoms with van der Waals surface area (Å²) < 4.78 is 16.2. The summed E-state index contributed by atoms with van der Waals surface area (Å²) in [4.78, 5) is 11.9. The monoisotopic (exact) mass is 468 g/mol. The van der Waals surface area contributed by atoms with Gasteiger partial charge in [-0.1, -0.05) is 136 Å². The van der Waals surface area contributed by atoms with E-state index in [1.807, 2.05) is 0 Å². The van der Waals surface area contributed by atoms with Crippen LogP contribution >= 0.6 is 0 Å². The smallest absolute Gasteiger partial charge is 0.335 e. The van der Waals surface area contributed by atoms with Gasteiger partial charge in [0.15, 0.2) is 0 Å². The van der Waals surface area contributed by atoms with Gasteiger partial charge in [0.25, 0.3) is 0 Å². The second kappa shape index (κ2) is 27.4. The summed E-state index contributed by atoms with van der Waals surface area (Å²) in [6.07, 6.45) is 25.9. The second-order valence-corrected chi connectivity index (χ2v) is 9.48. The average molecular weight is 469 g/mol. The standard InChI is InChI=1S/C29H56O4/c1-4-6-8-10-12-14-16-18-20-22-24-31-27-32-26-28(3)29(30)33-25-23-21-19-17-15-13-11-9-7-5-2/h3-27H2,1-2H3. The number of hydrogen-bond acceptors (Lipinski definition) is 4. The van der Waals surface area contributed by atoms with Gasteiger partial charge in [0.1, 0.15) is 6.79 Å². The highest BCUT2D eigenvalue weighted by atomic mass is 16.7. The van der Waals surface area contributed by atoms with Gasteiger partial charge in [0.05, 0.1) is 18.8 Å². The van der Waals surface area contributed by atoms with Crippen molar-refractivity contribution in [3.8, 4) is 0 Å². The lowest BCUT2D eigenvalue weighted by Crippen LogP contribution is -2.14. The van der Waals surface area contributed by atoms with Crippen LogP contribution in [0.3, 0.4) is 0 Å². The normalized spacial score (nSPS) is 11.1. The highest BCUT2D eigenvalue weighted by Crippen LogP contribution is 2.11. The third kappa shape index (κ3) is 25.6. The molecule has 0 saturated heterocycles. The third-order valence-corrected chi connectivity index (χ3v) is 6.10. The van der Waals surface area contributed by atoms with Crippen LogP contribution in [-0.2, 0) is 19.0 Å². The molecular weight excluding hydrogens is 412 g/mol. The van der Waals surface area contributed by atoms with E-state index in [4.69, 9.17) is 14.2 Å². The molecule has 0 aliphatic heterocycles. The van der Waals surface area contributed by atoms with Crippen molar-refractivity contribution in [3.05, 3.63) is 12.2 Å². The van der Waals surface area contributed by atoms with Crippen LogP contribution in [0, 0.1) is 0 Å². The predicted molar refractivity (Wildman–Crippen MR) is 141 cm³/mol. The molecule has 0 heterocycles. The zero-order valence-corrected chi connectivity index (χ0v) is 22.3. The Hall–Kier alpha value is -0.870. The van der Waals surface area contributed by atoms with E-state index in [9.17, 15) is 4.79 Å². The Morgan fingerprint density at radius 2 is 0.939 bits per heavy atom. The Morgan fingerprint density at radius 1 is 0.545 bits per heavy atom. The van der Waals surface area contributed by atoms with E-state index in [-0.39, 0.29) is 19.4 Å². The summed E-state index contributed by atoms with van der Waals surface area (Å²) >= 11 is 0. The second-order valence-electron chi connectivity index (χ2n) is 9.48. The van der Waals surface area contributed by atoms with Gasteiger partial charge in [0, 0.05) is 6.61 Å². The number of hydrogen-bond donors (Lipinski definition) is 0. The summed E-state index contributed by atoms with van der Waals surface area (Å²) in [5, 5.41) is 0. The van der Waals surface area contributed by atoms with E-state index in [1.165, 1.54) is 109 Å². The molecule has 33 heavy (non-hydrogen) atoms. The lowest BCUT2D eigenvalue weighted by Gasteiger charge is -2.09. The van der Waals surface area contributed by atoms with Crippen molar-refractivity contribution < 1.29 is 19.0 Å². The number of esters is 1. The zero-order valence-electron chi connectivity index (χ0n) is 22.3. The van der Waals surface area contributed by atoms with Gasteiger partial charge in [-0.2, -0.15) is 0 Å². The molecule has 0 aromatic rings. The van der Waals surface area contributed by atoms with Gasteiger partial charge >= 0.3 is 5.97 Å². The van der Waals surface area contributed by atoms with Crippen molar-refractivity contribution in [2.24, 2.45) is 0 Å². The number of unbranched alkanes of at least 4 members (excludes halogenated alkanes) is 18. The Morgan fingerprint density at radius 3 is 1.39 bits per heavy atom. The fourth-order valence-corrected chi connectivity index (χ4v) is 3.89. The van der Waals surface area contributed by atoms with E-state index in [0.29, 0.717) is 18.8 Å². The molecule has 0 amide bonds. The molecular formula is C29H56O4.